The van der Waals surface area contributed by atoms with E-state index in [9.17, 15) is 13.2 Å². The van der Waals surface area contributed by atoms with Crippen LogP contribution in [0.25, 0.3) is 0 Å². The molecule has 1 aromatic rings. The van der Waals surface area contributed by atoms with Crippen molar-refractivity contribution in [1.29, 1.82) is 0 Å². The Balaban J connectivity index is 3.35. The number of rotatable bonds is 4. The van der Waals surface area contributed by atoms with E-state index in [1.165, 1.54) is 6.07 Å². The van der Waals surface area contributed by atoms with Crippen LogP contribution in [0.4, 0.5) is 0 Å². The fourth-order valence-corrected chi connectivity index (χ4v) is 2.88. The van der Waals surface area contributed by atoms with Crippen molar-refractivity contribution in [2.75, 3.05) is 7.05 Å². The zero-order valence-electron chi connectivity index (χ0n) is 12.0. The molecule has 0 aromatic heterocycles. The molecule has 0 bridgehead atoms. The molecule has 0 aliphatic heterocycles. The fourth-order valence-electron chi connectivity index (χ4n) is 1.75. The van der Waals surface area contributed by atoms with E-state index in [2.05, 4.69) is 0 Å². The molecular formula is C13H19ClN2O3S. The Hall–Kier alpha value is -1.11. The zero-order chi connectivity index (χ0) is 15.7. The van der Waals surface area contributed by atoms with Gasteiger partial charge in [0.2, 0.25) is 10.0 Å². The Kier molecular flexibility index (Phi) is 5.18. The monoisotopic (exact) mass is 318 g/mol. The minimum atomic E-state index is -3.97. The van der Waals surface area contributed by atoms with Gasteiger partial charge in [-0.1, -0.05) is 18.5 Å². The molecular weight excluding hydrogens is 300 g/mol. The highest BCUT2D eigenvalue weighted by Gasteiger charge is 2.22. The second-order valence-corrected chi connectivity index (χ2v) is 6.73. The first-order valence-electron chi connectivity index (χ1n) is 6.19. The first kappa shape index (κ1) is 16.9. The fraction of sp³-hybridized carbons (Fsp3) is 0.462. The van der Waals surface area contributed by atoms with E-state index in [-0.39, 0.29) is 27.4 Å². The Morgan fingerprint density at radius 3 is 2.45 bits per heavy atom. The third-order valence-electron chi connectivity index (χ3n) is 3.35. The van der Waals surface area contributed by atoms with E-state index in [1.54, 1.807) is 24.9 Å². The van der Waals surface area contributed by atoms with Crippen LogP contribution in [0, 0.1) is 6.92 Å². The molecule has 2 N–H and O–H groups in total. The van der Waals surface area contributed by atoms with Gasteiger partial charge in [-0.25, -0.2) is 13.6 Å². The number of sulfonamides is 1. The number of benzene rings is 1. The lowest BCUT2D eigenvalue weighted by Crippen LogP contribution is -2.34. The van der Waals surface area contributed by atoms with Crippen LogP contribution in [0.5, 0.6) is 0 Å². The van der Waals surface area contributed by atoms with Crippen LogP contribution in [0.2, 0.25) is 5.02 Å². The molecule has 20 heavy (non-hydrogen) atoms. The van der Waals surface area contributed by atoms with E-state index in [0.717, 1.165) is 6.42 Å². The zero-order valence-corrected chi connectivity index (χ0v) is 13.5. The van der Waals surface area contributed by atoms with E-state index < -0.39 is 10.0 Å². The van der Waals surface area contributed by atoms with Crippen LogP contribution >= 0.6 is 11.6 Å². The Morgan fingerprint density at radius 2 is 2.00 bits per heavy atom. The van der Waals surface area contributed by atoms with Crippen molar-refractivity contribution in [3.8, 4) is 0 Å². The maximum absolute atomic E-state index is 12.3. The van der Waals surface area contributed by atoms with Gasteiger partial charge in [0.15, 0.2) is 0 Å². The Labute approximate surface area is 124 Å². The molecule has 1 rings (SSSR count). The van der Waals surface area contributed by atoms with Crippen molar-refractivity contribution >= 4 is 27.5 Å². The summed E-state index contributed by atoms with van der Waals surface area (Å²) in [6.45, 7) is 5.52. The minimum Gasteiger partial charge on any atom is -0.339 e. The highest BCUT2D eigenvalue weighted by Crippen LogP contribution is 2.26. The molecule has 1 atom stereocenters. The number of aryl methyl sites for hydroxylation is 1. The van der Waals surface area contributed by atoms with Gasteiger partial charge in [0, 0.05) is 18.7 Å². The largest absolute Gasteiger partial charge is 0.339 e. The molecule has 0 heterocycles. The summed E-state index contributed by atoms with van der Waals surface area (Å²) in [7, 11) is -2.29. The van der Waals surface area contributed by atoms with Gasteiger partial charge in [0.25, 0.3) is 5.91 Å². The van der Waals surface area contributed by atoms with Crippen LogP contribution in [0.15, 0.2) is 17.0 Å². The first-order chi connectivity index (χ1) is 9.09. The number of amides is 1. The number of halogens is 1. The van der Waals surface area contributed by atoms with Crippen molar-refractivity contribution in [2.24, 2.45) is 5.14 Å². The van der Waals surface area contributed by atoms with Gasteiger partial charge in [-0.3, -0.25) is 4.79 Å². The predicted octanol–water partition coefficient (Wildman–Crippen LogP) is 2.17. The molecule has 1 unspecified atom stereocenters. The normalized spacial score (nSPS) is 13.1. The van der Waals surface area contributed by atoms with Gasteiger partial charge in [0.05, 0.1) is 5.02 Å². The SMILES string of the molecule is CCC(C)N(C)C(=O)c1cc(C)c(Cl)c(S(N)(=O)=O)c1. The summed E-state index contributed by atoms with van der Waals surface area (Å²) in [5.74, 6) is -0.260. The van der Waals surface area contributed by atoms with Crippen LogP contribution < -0.4 is 5.14 Å². The third kappa shape index (κ3) is 3.50. The highest BCUT2D eigenvalue weighted by atomic mass is 35.5. The van der Waals surface area contributed by atoms with Gasteiger partial charge in [0.1, 0.15) is 4.90 Å². The van der Waals surface area contributed by atoms with E-state index in [1.807, 2.05) is 13.8 Å². The Bertz CT molecular complexity index is 629. The molecule has 0 spiro atoms. The number of hydrogen-bond donors (Lipinski definition) is 1. The third-order valence-corrected chi connectivity index (χ3v) is 4.90. The molecule has 7 heteroatoms. The van der Waals surface area contributed by atoms with Crippen LogP contribution in [0.3, 0.4) is 0 Å². The van der Waals surface area contributed by atoms with Crippen molar-refractivity contribution < 1.29 is 13.2 Å². The van der Waals surface area contributed by atoms with Crippen molar-refractivity contribution in [2.45, 2.75) is 38.1 Å². The van der Waals surface area contributed by atoms with Crippen LogP contribution in [0.1, 0.15) is 36.2 Å². The molecule has 0 aliphatic rings. The van der Waals surface area contributed by atoms with Gasteiger partial charge < -0.3 is 4.90 Å². The van der Waals surface area contributed by atoms with Gasteiger partial charge >= 0.3 is 0 Å². The van der Waals surface area contributed by atoms with Crippen molar-refractivity contribution in [3.63, 3.8) is 0 Å². The standard InChI is InChI=1S/C13H19ClN2O3S/c1-5-9(3)16(4)13(17)10-6-8(2)12(14)11(7-10)20(15,18)19/h6-7,9H,5H2,1-4H3,(H2,15,18,19). The number of carbonyl (C=O) groups excluding carboxylic acids is 1. The minimum absolute atomic E-state index is 0.0512. The molecule has 0 fully saturated rings. The second-order valence-electron chi connectivity index (χ2n) is 4.82. The van der Waals surface area contributed by atoms with E-state index >= 15 is 0 Å². The lowest BCUT2D eigenvalue weighted by atomic mass is 10.1. The summed E-state index contributed by atoms with van der Waals surface area (Å²) in [5.41, 5.74) is 0.762. The molecule has 5 nitrogen and oxygen atoms in total. The summed E-state index contributed by atoms with van der Waals surface area (Å²) in [4.78, 5) is 13.7. The lowest BCUT2D eigenvalue weighted by Gasteiger charge is -2.24. The first-order valence-corrected chi connectivity index (χ1v) is 8.12. The van der Waals surface area contributed by atoms with Gasteiger partial charge in [-0.2, -0.15) is 0 Å². The topological polar surface area (TPSA) is 80.5 Å². The van der Waals surface area contributed by atoms with E-state index in [4.69, 9.17) is 16.7 Å². The average molecular weight is 319 g/mol. The lowest BCUT2D eigenvalue weighted by molar-refractivity contribution is 0.0740. The molecule has 0 aliphatic carbocycles. The number of nitrogens with zero attached hydrogens (tertiary/aromatic N) is 1. The van der Waals surface area contributed by atoms with E-state index in [0.29, 0.717) is 5.56 Å². The van der Waals surface area contributed by atoms with Crippen LogP contribution in [-0.4, -0.2) is 32.3 Å². The highest BCUT2D eigenvalue weighted by molar-refractivity contribution is 7.89. The summed E-state index contributed by atoms with van der Waals surface area (Å²) < 4.78 is 23.0. The van der Waals surface area contributed by atoms with Gasteiger partial charge in [-0.15, -0.1) is 0 Å². The smallest absolute Gasteiger partial charge is 0.253 e. The summed E-state index contributed by atoms with van der Waals surface area (Å²) in [5, 5.41) is 5.17. The maximum Gasteiger partial charge on any atom is 0.253 e. The molecule has 0 saturated heterocycles. The molecule has 1 aromatic carbocycles. The summed E-state index contributed by atoms with van der Waals surface area (Å²) >= 11 is 5.94. The predicted molar refractivity (Wildman–Crippen MR) is 79.4 cm³/mol. The Morgan fingerprint density at radius 1 is 1.45 bits per heavy atom. The van der Waals surface area contributed by atoms with Gasteiger partial charge in [-0.05, 0) is 38.0 Å². The molecule has 1 amide bonds. The molecule has 0 saturated carbocycles. The number of nitrogens with two attached hydrogens (primary N) is 1. The molecule has 0 radical (unpaired) electrons. The number of primary sulfonamides is 1. The summed E-state index contributed by atoms with van der Waals surface area (Å²) in [6.07, 6.45) is 0.802. The molecule has 112 valence electrons. The number of hydrogen-bond acceptors (Lipinski definition) is 3. The number of carbonyl (C=O) groups is 1. The maximum atomic E-state index is 12.3. The average Bonchev–Trinajstić information content (AvgIpc) is 2.37. The second kappa shape index (κ2) is 6.11. The van der Waals surface area contributed by atoms with Crippen molar-refractivity contribution in [1.82, 2.24) is 4.90 Å². The van der Waals surface area contributed by atoms with Crippen LogP contribution in [-0.2, 0) is 10.0 Å². The summed E-state index contributed by atoms with van der Waals surface area (Å²) in [6, 6.07) is 2.85. The van der Waals surface area contributed by atoms with Crippen molar-refractivity contribution in [3.05, 3.63) is 28.3 Å². The quantitative estimate of drug-likeness (QED) is 0.923.